The van der Waals surface area contributed by atoms with Crippen molar-refractivity contribution in [2.45, 2.75) is 50.2 Å². The molecule has 1 aromatic carbocycles. The van der Waals surface area contributed by atoms with E-state index in [0.717, 1.165) is 25.7 Å². The fraction of sp³-hybridized carbons (Fsp3) is 0.600. The zero-order chi connectivity index (χ0) is 13.9. The summed E-state index contributed by atoms with van der Waals surface area (Å²) in [5.41, 5.74) is -1.12. The molecule has 106 valence electrons. The average Bonchev–Trinajstić information content (AvgIpc) is 2.64. The predicted octanol–water partition coefficient (Wildman–Crippen LogP) is 2.95. The van der Waals surface area contributed by atoms with Crippen molar-refractivity contribution < 1.29 is 19.3 Å². The first-order valence-corrected chi connectivity index (χ1v) is 6.81. The van der Waals surface area contributed by atoms with E-state index in [9.17, 15) is 14.6 Å². The molecule has 0 amide bonds. The van der Waals surface area contributed by atoms with Crippen LogP contribution in [0.25, 0.3) is 0 Å². The van der Waals surface area contributed by atoms with Crippen LogP contribution in [0.15, 0.2) is 18.2 Å². The van der Waals surface area contributed by atoms with Gasteiger partial charge in [-0.25, -0.2) is 4.39 Å². The summed E-state index contributed by atoms with van der Waals surface area (Å²) in [4.78, 5) is 0. The van der Waals surface area contributed by atoms with E-state index in [1.54, 1.807) is 6.07 Å². The van der Waals surface area contributed by atoms with Crippen molar-refractivity contribution in [3.8, 4) is 5.75 Å². The van der Waals surface area contributed by atoms with Crippen LogP contribution in [0.3, 0.4) is 0 Å². The quantitative estimate of drug-likeness (QED) is 0.829. The Bertz CT molecular complexity index is 425. The summed E-state index contributed by atoms with van der Waals surface area (Å²) in [6.45, 7) is 0. The number of benzene rings is 1. The maximum Gasteiger partial charge on any atom is 0.170 e. The third-order valence-electron chi connectivity index (χ3n) is 3.99. The Hall–Kier alpha value is -1.13. The first-order chi connectivity index (χ1) is 9.08. The molecule has 0 aliphatic heterocycles. The van der Waals surface area contributed by atoms with E-state index in [0.29, 0.717) is 12.8 Å². The lowest BCUT2D eigenvalue weighted by molar-refractivity contribution is -0.0881. The molecule has 2 rings (SSSR count). The van der Waals surface area contributed by atoms with Crippen LogP contribution in [0, 0.1) is 5.82 Å². The summed E-state index contributed by atoms with van der Waals surface area (Å²) in [6.07, 6.45) is 3.62. The van der Waals surface area contributed by atoms with Crippen LogP contribution in [-0.4, -0.2) is 22.9 Å². The fourth-order valence-corrected chi connectivity index (χ4v) is 2.80. The topological polar surface area (TPSA) is 49.7 Å². The highest BCUT2D eigenvalue weighted by Gasteiger charge is 2.38. The highest BCUT2D eigenvalue weighted by Crippen LogP contribution is 2.39. The van der Waals surface area contributed by atoms with Gasteiger partial charge in [0.2, 0.25) is 0 Å². The molecule has 2 N–H and O–H groups in total. The molecule has 0 heterocycles. The minimum absolute atomic E-state index is 0.0915. The number of halogens is 1. The second kappa shape index (κ2) is 5.88. The van der Waals surface area contributed by atoms with Gasteiger partial charge in [-0.3, -0.25) is 0 Å². The van der Waals surface area contributed by atoms with Gasteiger partial charge in [-0.2, -0.15) is 0 Å². The first kappa shape index (κ1) is 14.3. The maximum absolute atomic E-state index is 14.2. The lowest BCUT2D eigenvalue weighted by Gasteiger charge is -2.32. The number of rotatable bonds is 3. The van der Waals surface area contributed by atoms with E-state index >= 15 is 0 Å². The molecule has 0 aromatic heterocycles. The van der Waals surface area contributed by atoms with E-state index in [-0.39, 0.29) is 11.3 Å². The van der Waals surface area contributed by atoms with Crippen molar-refractivity contribution in [2.24, 2.45) is 0 Å². The van der Waals surface area contributed by atoms with Gasteiger partial charge in [0.25, 0.3) is 0 Å². The molecule has 0 radical (unpaired) electrons. The van der Waals surface area contributed by atoms with Crippen molar-refractivity contribution in [1.82, 2.24) is 0 Å². The first-order valence-electron chi connectivity index (χ1n) is 6.81. The van der Waals surface area contributed by atoms with Crippen molar-refractivity contribution in [1.29, 1.82) is 0 Å². The second-order valence-corrected chi connectivity index (χ2v) is 5.28. The second-order valence-electron chi connectivity index (χ2n) is 5.28. The Morgan fingerprint density at radius 3 is 2.42 bits per heavy atom. The summed E-state index contributed by atoms with van der Waals surface area (Å²) in [5.74, 6) is -0.496. The number of ether oxygens (including phenoxy) is 1. The van der Waals surface area contributed by atoms with Gasteiger partial charge < -0.3 is 14.9 Å². The van der Waals surface area contributed by atoms with Crippen LogP contribution in [0.1, 0.15) is 50.2 Å². The van der Waals surface area contributed by atoms with Gasteiger partial charge in [-0.15, -0.1) is 0 Å². The molecule has 1 unspecified atom stereocenters. The summed E-state index contributed by atoms with van der Waals surface area (Å²) < 4.78 is 19.1. The van der Waals surface area contributed by atoms with Crippen LogP contribution < -0.4 is 4.74 Å². The lowest BCUT2D eigenvalue weighted by atomic mass is 9.84. The molecule has 1 aromatic rings. The summed E-state index contributed by atoms with van der Waals surface area (Å²) in [5, 5.41) is 21.0. The fourth-order valence-electron chi connectivity index (χ4n) is 2.80. The molecule has 0 saturated heterocycles. The summed E-state index contributed by atoms with van der Waals surface area (Å²) >= 11 is 0. The average molecular weight is 268 g/mol. The molecule has 3 nitrogen and oxygen atoms in total. The third-order valence-corrected chi connectivity index (χ3v) is 3.99. The molecule has 4 heteroatoms. The Balaban J connectivity index is 2.29. The molecular formula is C15H21FO3. The van der Waals surface area contributed by atoms with Gasteiger partial charge in [0.05, 0.1) is 12.7 Å². The van der Waals surface area contributed by atoms with Crippen molar-refractivity contribution >= 4 is 0 Å². The molecule has 1 atom stereocenters. The molecule has 19 heavy (non-hydrogen) atoms. The van der Waals surface area contributed by atoms with E-state index in [2.05, 4.69) is 0 Å². The van der Waals surface area contributed by atoms with E-state index < -0.39 is 17.5 Å². The highest BCUT2D eigenvalue weighted by atomic mass is 19.1. The lowest BCUT2D eigenvalue weighted by Crippen LogP contribution is -2.36. The predicted molar refractivity (Wildman–Crippen MR) is 70.6 cm³/mol. The molecule has 1 saturated carbocycles. The molecule has 0 bridgehead atoms. The zero-order valence-electron chi connectivity index (χ0n) is 11.2. The van der Waals surface area contributed by atoms with Crippen LogP contribution in [-0.2, 0) is 0 Å². The maximum atomic E-state index is 14.2. The van der Waals surface area contributed by atoms with Gasteiger partial charge in [0.15, 0.2) is 11.6 Å². The van der Waals surface area contributed by atoms with E-state index in [1.165, 1.54) is 19.2 Å². The number of hydrogen-bond donors (Lipinski definition) is 2. The van der Waals surface area contributed by atoms with Crippen molar-refractivity contribution in [2.75, 3.05) is 7.11 Å². The number of methoxy groups -OCH3 is 1. The smallest absolute Gasteiger partial charge is 0.170 e. The summed E-state index contributed by atoms with van der Waals surface area (Å²) in [7, 11) is 1.38. The van der Waals surface area contributed by atoms with Crippen molar-refractivity contribution in [3.05, 3.63) is 29.6 Å². The Kier molecular flexibility index (Phi) is 4.42. The number of aliphatic hydroxyl groups is 2. The zero-order valence-corrected chi connectivity index (χ0v) is 11.2. The van der Waals surface area contributed by atoms with Gasteiger partial charge in [0.1, 0.15) is 6.10 Å². The van der Waals surface area contributed by atoms with Crippen LogP contribution in [0.5, 0.6) is 5.75 Å². The molecule has 1 aliphatic rings. The Labute approximate surface area is 113 Å². The normalized spacial score (nSPS) is 20.6. The van der Waals surface area contributed by atoms with Crippen LogP contribution in [0.4, 0.5) is 4.39 Å². The van der Waals surface area contributed by atoms with Gasteiger partial charge in [-0.1, -0.05) is 37.8 Å². The standard InChI is InChI=1S/C15H21FO3/c1-19-12-8-6-7-11(13(12)16)14(17)15(18)9-4-2-3-5-10-15/h6-8,14,17-18H,2-5,9-10H2,1H3. The van der Waals surface area contributed by atoms with Gasteiger partial charge >= 0.3 is 0 Å². The summed E-state index contributed by atoms with van der Waals surface area (Å²) in [6, 6.07) is 4.63. The highest BCUT2D eigenvalue weighted by molar-refractivity contribution is 5.33. The Morgan fingerprint density at radius 1 is 1.21 bits per heavy atom. The number of hydrogen-bond acceptors (Lipinski definition) is 3. The van der Waals surface area contributed by atoms with Crippen LogP contribution >= 0.6 is 0 Å². The Morgan fingerprint density at radius 2 is 1.84 bits per heavy atom. The largest absolute Gasteiger partial charge is 0.494 e. The minimum atomic E-state index is -1.23. The van der Waals surface area contributed by atoms with Crippen LogP contribution in [0.2, 0.25) is 0 Å². The van der Waals surface area contributed by atoms with E-state index in [4.69, 9.17) is 4.74 Å². The van der Waals surface area contributed by atoms with Gasteiger partial charge in [0, 0.05) is 5.56 Å². The third kappa shape index (κ3) is 2.90. The monoisotopic (exact) mass is 268 g/mol. The van der Waals surface area contributed by atoms with E-state index in [1.807, 2.05) is 0 Å². The SMILES string of the molecule is COc1cccc(C(O)C2(O)CCCCCC2)c1F. The van der Waals surface area contributed by atoms with Gasteiger partial charge in [-0.05, 0) is 18.9 Å². The minimum Gasteiger partial charge on any atom is -0.494 e. The molecule has 1 fully saturated rings. The van der Waals surface area contributed by atoms with Crippen molar-refractivity contribution in [3.63, 3.8) is 0 Å². The molecule has 1 aliphatic carbocycles. The molecule has 0 spiro atoms. The number of aliphatic hydroxyl groups excluding tert-OH is 1. The molecular weight excluding hydrogens is 247 g/mol.